The van der Waals surface area contributed by atoms with Gasteiger partial charge in [0.05, 0.1) is 0 Å². The first kappa shape index (κ1) is 11.1. The molecule has 0 saturated heterocycles. The molecule has 0 aromatic heterocycles. The van der Waals surface area contributed by atoms with Gasteiger partial charge in [0.15, 0.2) is 5.72 Å². The smallest absolute Gasteiger partial charge is 0.254 e. The number of hydrogen-bond donors (Lipinski definition) is 1. The summed E-state index contributed by atoms with van der Waals surface area (Å²) in [7, 11) is 1.63. The highest BCUT2D eigenvalue weighted by Crippen LogP contribution is 2.44. The second kappa shape index (κ2) is 3.32. The fourth-order valence-electron chi connectivity index (χ4n) is 2.34. The summed E-state index contributed by atoms with van der Waals surface area (Å²) in [4.78, 5) is 11.9. The lowest BCUT2D eigenvalue weighted by atomic mass is 9.79. The topological polar surface area (TPSA) is 38.3 Å². The molecular weight excluding hydrogens is 202 g/mol. The van der Waals surface area contributed by atoms with E-state index in [1.54, 1.807) is 7.11 Å². The van der Waals surface area contributed by atoms with E-state index in [4.69, 9.17) is 4.74 Å². The molecule has 1 aliphatic heterocycles. The number of benzene rings is 1. The summed E-state index contributed by atoms with van der Waals surface area (Å²) >= 11 is 0. The monoisotopic (exact) mass is 219 g/mol. The molecule has 1 aromatic rings. The van der Waals surface area contributed by atoms with E-state index >= 15 is 0 Å². The summed E-state index contributed by atoms with van der Waals surface area (Å²) in [5.74, 6) is -0.0626. The van der Waals surface area contributed by atoms with Crippen LogP contribution in [0.3, 0.4) is 0 Å². The number of hydrogen-bond acceptors (Lipinski definition) is 2. The van der Waals surface area contributed by atoms with Crippen LogP contribution in [0.1, 0.15) is 36.7 Å². The third-order valence-corrected chi connectivity index (χ3v) is 3.20. The minimum absolute atomic E-state index is 0.0626. The molecule has 3 heteroatoms. The van der Waals surface area contributed by atoms with Crippen LogP contribution >= 0.6 is 0 Å². The van der Waals surface area contributed by atoms with Gasteiger partial charge in [0.2, 0.25) is 0 Å². The lowest BCUT2D eigenvalue weighted by molar-refractivity contribution is -0.111. The predicted molar refractivity (Wildman–Crippen MR) is 62.1 cm³/mol. The Hall–Kier alpha value is -1.35. The molecule has 1 unspecified atom stereocenters. The lowest BCUT2D eigenvalue weighted by Gasteiger charge is -2.40. The van der Waals surface area contributed by atoms with Crippen LogP contribution < -0.4 is 5.32 Å². The zero-order chi connectivity index (χ0) is 12.0. The first-order chi connectivity index (χ1) is 7.42. The van der Waals surface area contributed by atoms with E-state index in [2.05, 4.69) is 26.1 Å². The van der Waals surface area contributed by atoms with E-state index in [1.165, 1.54) is 0 Å². The summed E-state index contributed by atoms with van der Waals surface area (Å²) in [6.45, 7) is 6.16. The van der Waals surface area contributed by atoms with Gasteiger partial charge in [0, 0.05) is 23.7 Å². The predicted octanol–water partition coefficient (Wildman–Crippen LogP) is 2.28. The Balaban J connectivity index is 2.66. The number of rotatable bonds is 1. The maximum Gasteiger partial charge on any atom is 0.254 e. The molecule has 2 rings (SSSR count). The molecule has 86 valence electrons. The van der Waals surface area contributed by atoms with Crippen LogP contribution in [0, 0.1) is 5.41 Å². The Morgan fingerprint density at radius 3 is 2.44 bits per heavy atom. The molecule has 1 N–H and O–H groups in total. The van der Waals surface area contributed by atoms with Crippen LogP contribution in [-0.4, -0.2) is 13.0 Å². The van der Waals surface area contributed by atoms with Gasteiger partial charge in [-0.05, 0) is 6.07 Å². The quantitative estimate of drug-likeness (QED) is 0.787. The normalized spacial score (nSPS) is 24.1. The number of carbonyl (C=O) groups excluding carboxylic acids is 1. The second-order valence-electron chi connectivity index (χ2n) is 5.14. The minimum Gasteiger partial charge on any atom is -0.354 e. The minimum atomic E-state index is -0.722. The third-order valence-electron chi connectivity index (χ3n) is 3.20. The average Bonchev–Trinajstić information content (AvgIpc) is 2.53. The van der Waals surface area contributed by atoms with Gasteiger partial charge < -0.3 is 10.1 Å². The number of amides is 1. The van der Waals surface area contributed by atoms with Crippen molar-refractivity contribution in [2.24, 2.45) is 5.41 Å². The van der Waals surface area contributed by atoms with Crippen LogP contribution in [0.2, 0.25) is 0 Å². The Bertz CT molecular complexity index is 434. The Kier molecular flexibility index (Phi) is 2.31. The van der Waals surface area contributed by atoms with Gasteiger partial charge in [0.25, 0.3) is 5.91 Å². The molecule has 1 amide bonds. The van der Waals surface area contributed by atoms with Gasteiger partial charge in [0.1, 0.15) is 0 Å². The fraction of sp³-hybridized carbons (Fsp3) is 0.462. The third kappa shape index (κ3) is 1.28. The van der Waals surface area contributed by atoms with E-state index in [9.17, 15) is 4.79 Å². The standard InChI is InChI=1S/C13H17NO2/c1-12(2,3)13(16-4)10-8-6-5-7-9(10)11(15)14-13/h5-8H,1-4H3,(H,14,15). The van der Waals surface area contributed by atoms with Crippen LogP contribution in [0.5, 0.6) is 0 Å². The van der Waals surface area contributed by atoms with E-state index in [1.807, 2.05) is 24.3 Å². The SMILES string of the molecule is COC1(C(C)(C)C)NC(=O)c2ccccc21. The second-order valence-corrected chi connectivity index (χ2v) is 5.14. The Morgan fingerprint density at radius 1 is 1.25 bits per heavy atom. The molecule has 3 nitrogen and oxygen atoms in total. The molecule has 1 heterocycles. The van der Waals surface area contributed by atoms with Crippen molar-refractivity contribution in [3.05, 3.63) is 35.4 Å². The molecule has 0 radical (unpaired) electrons. The molecule has 16 heavy (non-hydrogen) atoms. The van der Waals surface area contributed by atoms with Crippen molar-refractivity contribution in [3.8, 4) is 0 Å². The zero-order valence-electron chi connectivity index (χ0n) is 10.1. The molecule has 0 aliphatic carbocycles. The number of ether oxygens (including phenoxy) is 1. The number of fused-ring (bicyclic) bond motifs is 1. The molecule has 0 spiro atoms. The largest absolute Gasteiger partial charge is 0.354 e. The highest BCUT2D eigenvalue weighted by molar-refractivity contribution is 5.99. The van der Waals surface area contributed by atoms with Gasteiger partial charge in [-0.2, -0.15) is 0 Å². The first-order valence-electron chi connectivity index (χ1n) is 5.39. The highest BCUT2D eigenvalue weighted by Gasteiger charge is 2.51. The van der Waals surface area contributed by atoms with Gasteiger partial charge in [-0.3, -0.25) is 4.79 Å². The molecular formula is C13H17NO2. The summed E-state index contributed by atoms with van der Waals surface area (Å²) in [5, 5.41) is 2.96. The Morgan fingerprint density at radius 2 is 1.88 bits per heavy atom. The summed E-state index contributed by atoms with van der Waals surface area (Å²) < 4.78 is 5.63. The van der Waals surface area contributed by atoms with Crippen molar-refractivity contribution < 1.29 is 9.53 Å². The van der Waals surface area contributed by atoms with Crippen molar-refractivity contribution in [1.29, 1.82) is 0 Å². The number of carbonyl (C=O) groups is 1. The van der Waals surface area contributed by atoms with Crippen LogP contribution in [0.4, 0.5) is 0 Å². The zero-order valence-corrected chi connectivity index (χ0v) is 10.1. The molecule has 0 bridgehead atoms. The van der Waals surface area contributed by atoms with E-state index in [0.717, 1.165) is 5.56 Å². The molecule has 1 aromatic carbocycles. The molecule has 0 saturated carbocycles. The number of methoxy groups -OCH3 is 1. The number of nitrogens with one attached hydrogen (secondary N) is 1. The first-order valence-corrected chi connectivity index (χ1v) is 5.39. The fourth-order valence-corrected chi connectivity index (χ4v) is 2.34. The van der Waals surface area contributed by atoms with Crippen molar-refractivity contribution in [1.82, 2.24) is 5.32 Å². The van der Waals surface area contributed by atoms with E-state index < -0.39 is 5.72 Å². The lowest BCUT2D eigenvalue weighted by Crippen LogP contribution is -2.51. The van der Waals surface area contributed by atoms with Crippen LogP contribution in [-0.2, 0) is 10.5 Å². The van der Waals surface area contributed by atoms with E-state index in [0.29, 0.717) is 5.56 Å². The van der Waals surface area contributed by atoms with Gasteiger partial charge in [-0.15, -0.1) is 0 Å². The highest BCUT2D eigenvalue weighted by atomic mass is 16.5. The summed E-state index contributed by atoms with van der Waals surface area (Å²) in [6, 6.07) is 7.57. The van der Waals surface area contributed by atoms with Gasteiger partial charge in [-0.25, -0.2) is 0 Å². The van der Waals surface area contributed by atoms with Crippen molar-refractivity contribution in [3.63, 3.8) is 0 Å². The summed E-state index contributed by atoms with van der Waals surface area (Å²) in [5.41, 5.74) is 0.708. The van der Waals surface area contributed by atoms with Gasteiger partial charge >= 0.3 is 0 Å². The van der Waals surface area contributed by atoms with Gasteiger partial charge in [-0.1, -0.05) is 39.0 Å². The maximum atomic E-state index is 11.9. The molecule has 0 fully saturated rings. The van der Waals surface area contributed by atoms with E-state index in [-0.39, 0.29) is 11.3 Å². The van der Waals surface area contributed by atoms with Crippen LogP contribution in [0.15, 0.2) is 24.3 Å². The molecule has 1 atom stereocenters. The summed E-state index contributed by atoms with van der Waals surface area (Å²) in [6.07, 6.45) is 0. The maximum absolute atomic E-state index is 11.9. The molecule has 1 aliphatic rings. The Labute approximate surface area is 95.8 Å². The van der Waals surface area contributed by atoms with Crippen molar-refractivity contribution >= 4 is 5.91 Å². The average molecular weight is 219 g/mol. The van der Waals surface area contributed by atoms with Crippen molar-refractivity contribution in [2.45, 2.75) is 26.5 Å². The van der Waals surface area contributed by atoms with Crippen molar-refractivity contribution in [2.75, 3.05) is 7.11 Å². The van der Waals surface area contributed by atoms with Crippen LogP contribution in [0.25, 0.3) is 0 Å².